The molecule has 1 N–H and O–H groups in total. The van der Waals surface area contributed by atoms with Gasteiger partial charge in [-0.1, -0.05) is 60.4 Å². The zero-order valence-electron chi connectivity index (χ0n) is 16.6. The van der Waals surface area contributed by atoms with Gasteiger partial charge >= 0.3 is 5.97 Å². The predicted molar refractivity (Wildman–Crippen MR) is 115 cm³/mol. The van der Waals surface area contributed by atoms with Crippen LogP contribution in [-0.2, 0) is 4.79 Å². The fourth-order valence-electron chi connectivity index (χ4n) is 2.93. The fraction of sp³-hybridized carbons (Fsp3) is 0.160. The van der Waals surface area contributed by atoms with E-state index in [1.807, 2.05) is 67.6 Å². The molecular formula is C25H23NO3. The summed E-state index contributed by atoms with van der Waals surface area (Å²) in [6.07, 6.45) is 5.45. The molecule has 0 amide bonds. The summed E-state index contributed by atoms with van der Waals surface area (Å²) >= 11 is 0. The van der Waals surface area contributed by atoms with Gasteiger partial charge in [0.05, 0.1) is 19.1 Å². The standard InChI is InChI=1S/C25H23NO3/c1-19-17-29-18-24(19)23-12-9-20(10-13-23)8-11-22(21-6-4-3-5-7-21)14-15-26(2)16-25(27)28/h3-7,9-10,12-14,17-18H,15-16H2,1-2H3,(H,27,28)/b22-14-. The Labute approximate surface area is 171 Å². The van der Waals surface area contributed by atoms with Gasteiger partial charge in [0.25, 0.3) is 0 Å². The van der Waals surface area contributed by atoms with Crippen molar-refractivity contribution in [2.24, 2.45) is 0 Å². The topological polar surface area (TPSA) is 53.7 Å². The average Bonchev–Trinajstić information content (AvgIpc) is 3.14. The van der Waals surface area contributed by atoms with E-state index >= 15 is 0 Å². The van der Waals surface area contributed by atoms with E-state index in [-0.39, 0.29) is 6.54 Å². The van der Waals surface area contributed by atoms with Crippen LogP contribution in [0.1, 0.15) is 16.7 Å². The number of furan rings is 1. The number of benzene rings is 2. The van der Waals surface area contributed by atoms with Crippen LogP contribution < -0.4 is 0 Å². The van der Waals surface area contributed by atoms with E-state index in [4.69, 9.17) is 9.52 Å². The molecule has 0 fully saturated rings. The number of hydrogen-bond donors (Lipinski definition) is 1. The van der Waals surface area contributed by atoms with E-state index in [1.54, 1.807) is 24.5 Å². The van der Waals surface area contributed by atoms with Crippen LogP contribution in [0.4, 0.5) is 0 Å². The van der Waals surface area contributed by atoms with Crippen molar-refractivity contribution in [2.75, 3.05) is 20.1 Å². The van der Waals surface area contributed by atoms with Crippen molar-refractivity contribution in [1.29, 1.82) is 0 Å². The molecule has 1 heterocycles. The second-order valence-electron chi connectivity index (χ2n) is 6.87. The van der Waals surface area contributed by atoms with Gasteiger partial charge in [-0.05, 0) is 42.8 Å². The molecule has 2 aromatic carbocycles. The number of carbonyl (C=O) groups is 1. The molecule has 0 saturated heterocycles. The first-order valence-corrected chi connectivity index (χ1v) is 9.34. The quantitative estimate of drug-likeness (QED) is 0.625. The molecule has 0 bridgehead atoms. The van der Waals surface area contributed by atoms with E-state index in [0.717, 1.165) is 33.4 Å². The van der Waals surface area contributed by atoms with Crippen LogP contribution in [-0.4, -0.2) is 36.1 Å². The van der Waals surface area contributed by atoms with Crippen LogP contribution in [0.5, 0.6) is 0 Å². The molecule has 0 unspecified atom stereocenters. The number of nitrogens with zero attached hydrogens (tertiary/aromatic N) is 1. The lowest BCUT2D eigenvalue weighted by molar-refractivity contribution is -0.137. The van der Waals surface area contributed by atoms with Gasteiger partial charge in [0.15, 0.2) is 0 Å². The molecule has 146 valence electrons. The first-order valence-electron chi connectivity index (χ1n) is 9.34. The summed E-state index contributed by atoms with van der Waals surface area (Å²) in [5.74, 6) is 5.62. The first-order chi connectivity index (χ1) is 14.0. The van der Waals surface area contributed by atoms with Crippen molar-refractivity contribution in [2.45, 2.75) is 6.92 Å². The molecule has 0 aliphatic rings. The van der Waals surface area contributed by atoms with Crippen molar-refractivity contribution in [1.82, 2.24) is 4.90 Å². The summed E-state index contributed by atoms with van der Waals surface area (Å²) in [6.45, 7) is 2.51. The first kappa shape index (κ1) is 20.2. The number of carboxylic acids is 1. The predicted octanol–water partition coefficient (Wildman–Crippen LogP) is 4.71. The van der Waals surface area contributed by atoms with Crippen molar-refractivity contribution in [3.63, 3.8) is 0 Å². The summed E-state index contributed by atoms with van der Waals surface area (Å²) in [7, 11) is 1.78. The molecule has 3 aromatic rings. The maximum absolute atomic E-state index is 10.9. The summed E-state index contributed by atoms with van der Waals surface area (Å²) in [6, 6.07) is 18.0. The van der Waals surface area contributed by atoms with Crippen LogP contribution in [0, 0.1) is 18.8 Å². The maximum atomic E-state index is 10.9. The Kier molecular flexibility index (Phi) is 6.67. The number of likely N-dealkylation sites (N-methyl/N-ethyl adjacent to an activating group) is 1. The molecule has 0 aliphatic carbocycles. The highest BCUT2D eigenvalue weighted by atomic mass is 16.4. The summed E-state index contributed by atoms with van der Waals surface area (Å²) < 4.78 is 5.25. The molecule has 0 atom stereocenters. The third-order valence-electron chi connectivity index (χ3n) is 4.49. The van der Waals surface area contributed by atoms with Gasteiger partial charge in [0.2, 0.25) is 0 Å². The third kappa shape index (κ3) is 5.71. The second kappa shape index (κ2) is 9.59. The highest BCUT2D eigenvalue weighted by Crippen LogP contribution is 2.24. The number of aliphatic carboxylic acids is 1. The molecule has 0 aliphatic heterocycles. The van der Waals surface area contributed by atoms with Gasteiger partial charge in [-0.3, -0.25) is 9.69 Å². The van der Waals surface area contributed by atoms with Crippen molar-refractivity contribution < 1.29 is 14.3 Å². The molecule has 4 nitrogen and oxygen atoms in total. The average molecular weight is 385 g/mol. The van der Waals surface area contributed by atoms with E-state index in [2.05, 4.69) is 11.8 Å². The van der Waals surface area contributed by atoms with Crippen LogP contribution in [0.3, 0.4) is 0 Å². The van der Waals surface area contributed by atoms with Crippen LogP contribution >= 0.6 is 0 Å². The van der Waals surface area contributed by atoms with Gasteiger partial charge in [-0.25, -0.2) is 0 Å². The summed E-state index contributed by atoms with van der Waals surface area (Å²) in [5.41, 5.74) is 6.07. The highest BCUT2D eigenvalue weighted by Gasteiger charge is 2.05. The number of rotatable bonds is 6. The number of hydrogen-bond acceptors (Lipinski definition) is 3. The van der Waals surface area contributed by atoms with Crippen LogP contribution in [0.2, 0.25) is 0 Å². The minimum absolute atomic E-state index is 0.0130. The largest absolute Gasteiger partial charge is 0.480 e. The third-order valence-corrected chi connectivity index (χ3v) is 4.49. The Morgan fingerprint density at radius 1 is 1.10 bits per heavy atom. The van der Waals surface area contributed by atoms with Crippen molar-refractivity contribution in [3.8, 4) is 23.0 Å². The van der Waals surface area contributed by atoms with Gasteiger partial charge < -0.3 is 9.52 Å². The minimum Gasteiger partial charge on any atom is -0.480 e. The molecule has 0 radical (unpaired) electrons. The SMILES string of the molecule is Cc1cocc1-c1ccc(C#C/C(=C/CN(C)CC(=O)O)c2ccccc2)cc1. The number of aryl methyl sites for hydroxylation is 1. The smallest absolute Gasteiger partial charge is 0.317 e. The molecule has 29 heavy (non-hydrogen) atoms. The van der Waals surface area contributed by atoms with Crippen molar-refractivity contribution >= 4 is 11.5 Å². The van der Waals surface area contributed by atoms with Gasteiger partial charge in [-0.15, -0.1) is 0 Å². The molecular weight excluding hydrogens is 362 g/mol. The summed E-state index contributed by atoms with van der Waals surface area (Å²) in [5, 5.41) is 8.93. The van der Waals surface area contributed by atoms with Crippen LogP contribution in [0.25, 0.3) is 16.7 Å². The van der Waals surface area contributed by atoms with E-state index in [9.17, 15) is 4.79 Å². The van der Waals surface area contributed by atoms with Gasteiger partial charge in [0, 0.05) is 23.2 Å². The Morgan fingerprint density at radius 3 is 2.45 bits per heavy atom. The highest BCUT2D eigenvalue weighted by molar-refractivity contribution is 5.80. The van der Waals surface area contributed by atoms with E-state index < -0.39 is 5.97 Å². The normalized spacial score (nSPS) is 11.2. The lowest BCUT2D eigenvalue weighted by Gasteiger charge is -2.11. The van der Waals surface area contributed by atoms with Gasteiger partial charge in [-0.2, -0.15) is 0 Å². The summed E-state index contributed by atoms with van der Waals surface area (Å²) in [4.78, 5) is 12.6. The van der Waals surface area contributed by atoms with Gasteiger partial charge in [0.1, 0.15) is 0 Å². The van der Waals surface area contributed by atoms with Crippen LogP contribution in [0.15, 0.2) is 77.6 Å². The lowest BCUT2D eigenvalue weighted by atomic mass is 10.0. The Morgan fingerprint density at radius 2 is 1.83 bits per heavy atom. The van der Waals surface area contributed by atoms with Crippen molar-refractivity contribution in [3.05, 3.63) is 89.9 Å². The number of allylic oxidation sites excluding steroid dienone is 1. The molecule has 3 rings (SSSR count). The van der Waals surface area contributed by atoms with E-state index in [1.165, 1.54) is 0 Å². The molecule has 0 spiro atoms. The Bertz CT molecular complexity index is 1050. The Balaban J connectivity index is 1.82. The molecule has 4 heteroatoms. The molecule has 0 saturated carbocycles. The second-order valence-corrected chi connectivity index (χ2v) is 6.87. The monoisotopic (exact) mass is 385 g/mol. The zero-order valence-corrected chi connectivity index (χ0v) is 16.6. The zero-order chi connectivity index (χ0) is 20.6. The maximum Gasteiger partial charge on any atom is 0.317 e. The lowest BCUT2D eigenvalue weighted by Crippen LogP contribution is -2.25. The van der Waals surface area contributed by atoms with E-state index in [0.29, 0.717) is 6.54 Å². The number of carboxylic acid groups (broad SMARTS) is 1. The Hall–Kier alpha value is -3.55. The molecule has 1 aromatic heterocycles. The minimum atomic E-state index is -0.846. The fourth-order valence-corrected chi connectivity index (χ4v) is 2.93.